The van der Waals surface area contributed by atoms with Crippen LogP contribution < -0.4 is 14.8 Å². The van der Waals surface area contributed by atoms with E-state index in [-0.39, 0.29) is 13.0 Å². The van der Waals surface area contributed by atoms with Crippen molar-refractivity contribution in [2.24, 2.45) is 0 Å². The fourth-order valence-corrected chi connectivity index (χ4v) is 2.57. The Morgan fingerprint density at radius 1 is 0.733 bits per heavy atom. The third-order valence-corrected chi connectivity index (χ3v) is 4.02. The van der Waals surface area contributed by atoms with Crippen LogP contribution in [-0.2, 0) is 14.3 Å². The van der Waals surface area contributed by atoms with Crippen LogP contribution in [0, 0.1) is 0 Å². The molecule has 0 saturated heterocycles. The van der Waals surface area contributed by atoms with Gasteiger partial charge < -0.3 is 19.5 Å². The van der Waals surface area contributed by atoms with Gasteiger partial charge in [-0.25, -0.2) is 0 Å². The number of nitrogens with one attached hydrogen (secondary N) is 1. The van der Waals surface area contributed by atoms with E-state index in [9.17, 15) is 9.59 Å². The Bertz CT molecular complexity index is 927. The van der Waals surface area contributed by atoms with Gasteiger partial charge in [-0.1, -0.05) is 36.4 Å². The van der Waals surface area contributed by atoms with Crippen LogP contribution in [0.15, 0.2) is 84.9 Å². The summed E-state index contributed by atoms with van der Waals surface area (Å²) >= 11 is 0. The van der Waals surface area contributed by atoms with Gasteiger partial charge in [0, 0.05) is 12.1 Å². The maximum absolute atomic E-state index is 12.0. The van der Waals surface area contributed by atoms with Gasteiger partial charge in [-0.05, 0) is 55.0 Å². The summed E-state index contributed by atoms with van der Waals surface area (Å²) in [6.45, 7) is 0.0728. The van der Waals surface area contributed by atoms with Gasteiger partial charge in [-0.2, -0.15) is 0 Å². The lowest BCUT2D eigenvalue weighted by Crippen LogP contribution is -2.21. The van der Waals surface area contributed by atoms with E-state index >= 15 is 0 Å². The SMILES string of the molecule is O=C(COC(=O)CCCOc1ccccc1)Nc1ccc(Oc2ccccc2)cc1. The predicted octanol–water partition coefficient (Wildman–Crippen LogP) is 4.82. The van der Waals surface area contributed by atoms with E-state index in [1.54, 1.807) is 24.3 Å². The third kappa shape index (κ3) is 7.31. The highest BCUT2D eigenvalue weighted by molar-refractivity contribution is 5.92. The Hall–Kier alpha value is -3.80. The van der Waals surface area contributed by atoms with E-state index in [4.69, 9.17) is 14.2 Å². The molecule has 0 aliphatic heterocycles. The molecule has 0 atom stereocenters. The molecule has 3 aromatic rings. The van der Waals surface area contributed by atoms with Crippen molar-refractivity contribution in [1.29, 1.82) is 0 Å². The van der Waals surface area contributed by atoms with Crippen LogP contribution in [0.1, 0.15) is 12.8 Å². The van der Waals surface area contributed by atoms with E-state index in [1.807, 2.05) is 60.7 Å². The first kappa shape index (κ1) is 20.9. The molecule has 0 heterocycles. The number of anilines is 1. The van der Waals surface area contributed by atoms with Crippen LogP contribution in [0.2, 0.25) is 0 Å². The fourth-order valence-electron chi connectivity index (χ4n) is 2.57. The fraction of sp³-hybridized carbons (Fsp3) is 0.167. The highest BCUT2D eigenvalue weighted by atomic mass is 16.5. The lowest BCUT2D eigenvalue weighted by Gasteiger charge is -2.09. The molecule has 30 heavy (non-hydrogen) atoms. The second-order valence-corrected chi connectivity index (χ2v) is 6.41. The topological polar surface area (TPSA) is 73.9 Å². The molecule has 0 aliphatic carbocycles. The van der Waals surface area contributed by atoms with Crippen molar-refractivity contribution >= 4 is 17.6 Å². The van der Waals surface area contributed by atoms with Crippen molar-refractivity contribution in [2.75, 3.05) is 18.5 Å². The number of carbonyl (C=O) groups is 2. The Morgan fingerprint density at radius 2 is 1.33 bits per heavy atom. The molecule has 0 saturated carbocycles. The van der Waals surface area contributed by atoms with Gasteiger partial charge in [-0.15, -0.1) is 0 Å². The zero-order valence-electron chi connectivity index (χ0n) is 16.5. The molecule has 6 heteroatoms. The standard InChI is InChI=1S/C24H23NO5/c26-23(18-29-24(27)12-7-17-28-20-8-3-1-4-9-20)25-19-13-15-22(16-14-19)30-21-10-5-2-6-11-21/h1-6,8-11,13-16H,7,12,17-18H2,(H,25,26). The number of rotatable bonds is 10. The van der Waals surface area contributed by atoms with E-state index in [2.05, 4.69) is 5.32 Å². The van der Waals surface area contributed by atoms with Crippen molar-refractivity contribution in [3.05, 3.63) is 84.9 Å². The van der Waals surface area contributed by atoms with Gasteiger partial charge in [0.1, 0.15) is 17.2 Å². The predicted molar refractivity (Wildman–Crippen MR) is 114 cm³/mol. The Labute approximate surface area is 175 Å². The van der Waals surface area contributed by atoms with E-state index in [1.165, 1.54) is 0 Å². The van der Waals surface area contributed by atoms with Gasteiger partial charge in [0.15, 0.2) is 6.61 Å². The molecule has 0 fully saturated rings. The Balaban J connectivity index is 1.32. The molecule has 1 amide bonds. The zero-order chi connectivity index (χ0) is 21.0. The summed E-state index contributed by atoms with van der Waals surface area (Å²) in [6.07, 6.45) is 0.698. The zero-order valence-corrected chi connectivity index (χ0v) is 16.5. The van der Waals surface area contributed by atoms with Crippen LogP contribution >= 0.6 is 0 Å². The molecule has 0 aromatic heterocycles. The molecule has 0 bridgehead atoms. The molecule has 154 valence electrons. The number of esters is 1. The Kier molecular flexibility index (Phi) is 7.85. The van der Waals surface area contributed by atoms with E-state index < -0.39 is 11.9 Å². The van der Waals surface area contributed by atoms with Crippen LogP contribution in [0.3, 0.4) is 0 Å². The lowest BCUT2D eigenvalue weighted by molar-refractivity contribution is -0.147. The van der Waals surface area contributed by atoms with Crippen LogP contribution in [0.25, 0.3) is 0 Å². The average molecular weight is 405 g/mol. The minimum atomic E-state index is -0.437. The summed E-state index contributed by atoms with van der Waals surface area (Å²) < 4.78 is 16.2. The summed E-state index contributed by atoms with van der Waals surface area (Å²) in [5.41, 5.74) is 0.590. The summed E-state index contributed by atoms with van der Waals surface area (Å²) in [5.74, 6) is 1.30. The number of para-hydroxylation sites is 2. The minimum absolute atomic E-state index is 0.186. The molecule has 0 radical (unpaired) electrons. The van der Waals surface area contributed by atoms with Crippen molar-refractivity contribution in [3.8, 4) is 17.2 Å². The van der Waals surface area contributed by atoms with Gasteiger partial charge in [0.2, 0.25) is 0 Å². The number of ether oxygens (including phenoxy) is 3. The van der Waals surface area contributed by atoms with Crippen molar-refractivity contribution in [2.45, 2.75) is 12.8 Å². The summed E-state index contributed by atoms with van der Waals surface area (Å²) in [6, 6.07) is 25.7. The highest BCUT2D eigenvalue weighted by Crippen LogP contribution is 2.22. The number of amides is 1. The van der Waals surface area contributed by atoms with E-state index in [0.29, 0.717) is 24.5 Å². The molecular formula is C24H23NO5. The molecule has 0 aliphatic rings. The normalized spacial score (nSPS) is 10.1. The molecular weight excluding hydrogens is 382 g/mol. The maximum atomic E-state index is 12.0. The number of benzene rings is 3. The largest absolute Gasteiger partial charge is 0.494 e. The first-order valence-corrected chi connectivity index (χ1v) is 9.65. The van der Waals surface area contributed by atoms with Gasteiger partial charge in [0.25, 0.3) is 5.91 Å². The smallest absolute Gasteiger partial charge is 0.306 e. The first-order chi connectivity index (χ1) is 14.7. The lowest BCUT2D eigenvalue weighted by atomic mass is 10.3. The quantitative estimate of drug-likeness (QED) is 0.387. The number of hydrogen-bond donors (Lipinski definition) is 1. The van der Waals surface area contributed by atoms with Crippen molar-refractivity contribution in [1.82, 2.24) is 0 Å². The molecule has 3 rings (SSSR count). The van der Waals surface area contributed by atoms with Crippen molar-refractivity contribution < 1.29 is 23.8 Å². The second kappa shape index (κ2) is 11.3. The maximum Gasteiger partial charge on any atom is 0.306 e. The van der Waals surface area contributed by atoms with Crippen LogP contribution in [0.4, 0.5) is 5.69 Å². The monoisotopic (exact) mass is 405 g/mol. The summed E-state index contributed by atoms with van der Waals surface area (Å²) in [7, 11) is 0. The Morgan fingerprint density at radius 3 is 2.00 bits per heavy atom. The number of carbonyl (C=O) groups excluding carboxylic acids is 2. The summed E-state index contributed by atoms with van der Waals surface area (Å²) in [5, 5.41) is 2.68. The number of hydrogen-bond acceptors (Lipinski definition) is 5. The first-order valence-electron chi connectivity index (χ1n) is 9.65. The van der Waals surface area contributed by atoms with Gasteiger partial charge >= 0.3 is 5.97 Å². The van der Waals surface area contributed by atoms with Crippen LogP contribution in [-0.4, -0.2) is 25.1 Å². The van der Waals surface area contributed by atoms with Crippen molar-refractivity contribution in [3.63, 3.8) is 0 Å². The third-order valence-electron chi connectivity index (χ3n) is 4.02. The van der Waals surface area contributed by atoms with Crippen LogP contribution in [0.5, 0.6) is 17.2 Å². The molecule has 3 aromatic carbocycles. The minimum Gasteiger partial charge on any atom is -0.494 e. The molecule has 1 N–H and O–H groups in total. The summed E-state index contributed by atoms with van der Waals surface area (Å²) in [4.78, 5) is 23.7. The second-order valence-electron chi connectivity index (χ2n) is 6.41. The highest BCUT2D eigenvalue weighted by Gasteiger charge is 2.08. The van der Waals surface area contributed by atoms with Gasteiger partial charge in [-0.3, -0.25) is 9.59 Å². The molecule has 0 unspecified atom stereocenters. The van der Waals surface area contributed by atoms with E-state index in [0.717, 1.165) is 11.5 Å². The average Bonchev–Trinajstić information content (AvgIpc) is 2.78. The van der Waals surface area contributed by atoms with Gasteiger partial charge in [0.05, 0.1) is 6.61 Å². The molecule has 6 nitrogen and oxygen atoms in total. The molecule has 0 spiro atoms.